The van der Waals surface area contributed by atoms with Gasteiger partial charge in [-0.2, -0.15) is 0 Å². The Morgan fingerprint density at radius 3 is 2.70 bits per heavy atom. The van der Waals surface area contributed by atoms with Crippen molar-refractivity contribution >= 4 is 17.3 Å². The summed E-state index contributed by atoms with van der Waals surface area (Å²) in [4.78, 5) is 6.39. The Morgan fingerprint density at radius 2 is 2.05 bits per heavy atom. The lowest BCUT2D eigenvalue weighted by molar-refractivity contribution is 0.415. The van der Waals surface area contributed by atoms with Crippen LogP contribution in [0.25, 0.3) is 0 Å². The number of aryl methyl sites for hydroxylation is 1. The molecule has 20 heavy (non-hydrogen) atoms. The number of rotatable bonds is 4. The van der Waals surface area contributed by atoms with E-state index in [2.05, 4.69) is 4.98 Å². The van der Waals surface area contributed by atoms with Crippen molar-refractivity contribution in [2.45, 2.75) is 6.92 Å². The minimum atomic E-state index is 0.00208. The predicted octanol–water partition coefficient (Wildman–Crippen LogP) is 2.45. The Kier molecular flexibility index (Phi) is 3.89. The van der Waals surface area contributed by atoms with Gasteiger partial charge in [0.2, 0.25) is 0 Å². The molecular formula is C15H18N4O. The molecule has 3 N–H and O–H groups in total. The first-order chi connectivity index (χ1) is 9.52. The molecule has 0 aliphatic rings. The highest BCUT2D eigenvalue weighted by atomic mass is 16.5. The Labute approximate surface area is 118 Å². The molecule has 1 heterocycles. The zero-order valence-corrected chi connectivity index (χ0v) is 11.8. The Bertz CT molecular complexity index is 640. The first-order valence-corrected chi connectivity index (χ1v) is 6.22. The van der Waals surface area contributed by atoms with E-state index in [1.165, 1.54) is 0 Å². The van der Waals surface area contributed by atoms with Gasteiger partial charge in [-0.15, -0.1) is 0 Å². The van der Waals surface area contributed by atoms with Crippen molar-refractivity contribution in [2.24, 2.45) is 5.73 Å². The number of hydrogen-bond donors (Lipinski definition) is 2. The van der Waals surface area contributed by atoms with Crippen LogP contribution in [0.15, 0.2) is 36.4 Å². The number of amidine groups is 1. The van der Waals surface area contributed by atoms with E-state index in [4.69, 9.17) is 15.9 Å². The number of nitrogens with zero attached hydrogens (tertiary/aromatic N) is 2. The highest BCUT2D eigenvalue weighted by molar-refractivity contribution is 6.00. The summed E-state index contributed by atoms with van der Waals surface area (Å²) in [6, 6.07) is 11.3. The van der Waals surface area contributed by atoms with E-state index in [0.29, 0.717) is 11.4 Å². The van der Waals surface area contributed by atoms with E-state index in [0.717, 1.165) is 17.1 Å². The average Bonchev–Trinajstić information content (AvgIpc) is 2.46. The molecule has 0 aliphatic heterocycles. The highest BCUT2D eigenvalue weighted by Crippen LogP contribution is 2.27. The van der Waals surface area contributed by atoms with Gasteiger partial charge in [0.05, 0.1) is 12.7 Å². The summed E-state index contributed by atoms with van der Waals surface area (Å²) < 4.78 is 5.23. The van der Waals surface area contributed by atoms with Gasteiger partial charge in [0.1, 0.15) is 17.4 Å². The Balaban J connectivity index is 2.49. The lowest BCUT2D eigenvalue weighted by Crippen LogP contribution is -2.20. The monoisotopic (exact) mass is 270 g/mol. The number of anilines is 2. The first kappa shape index (κ1) is 13.9. The van der Waals surface area contributed by atoms with E-state index in [1.807, 2.05) is 55.3 Å². The molecule has 0 spiro atoms. The van der Waals surface area contributed by atoms with Gasteiger partial charge >= 0.3 is 0 Å². The SMILES string of the molecule is COc1cccc(N(C)c2nc(C)ccc2C(=N)N)c1. The maximum Gasteiger partial charge on any atom is 0.144 e. The Morgan fingerprint density at radius 1 is 1.30 bits per heavy atom. The van der Waals surface area contributed by atoms with Crippen LogP contribution >= 0.6 is 0 Å². The molecular weight excluding hydrogens is 252 g/mol. The smallest absolute Gasteiger partial charge is 0.144 e. The van der Waals surface area contributed by atoms with Crippen molar-refractivity contribution < 1.29 is 4.74 Å². The van der Waals surface area contributed by atoms with Crippen LogP contribution in [0.2, 0.25) is 0 Å². The fourth-order valence-electron chi connectivity index (χ4n) is 1.95. The van der Waals surface area contributed by atoms with Crippen LogP contribution in [0.1, 0.15) is 11.3 Å². The topological polar surface area (TPSA) is 75.2 Å². The number of benzene rings is 1. The van der Waals surface area contributed by atoms with Crippen molar-refractivity contribution in [3.05, 3.63) is 47.7 Å². The van der Waals surface area contributed by atoms with Crippen LogP contribution in [0.3, 0.4) is 0 Å². The highest BCUT2D eigenvalue weighted by Gasteiger charge is 2.13. The largest absolute Gasteiger partial charge is 0.497 e. The number of nitrogens with two attached hydrogens (primary N) is 1. The van der Waals surface area contributed by atoms with Crippen LogP contribution in [-0.2, 0) is 0 Å². The molecule has 0 bridgehead atoms. The second-order valence-corrected chi connectivity index (χ2v) is 4.50. The summed E-state index contributed by atoms with van der Waals surface area (Å²) >= 11 is 0. The fourth-order valence-corrected chi connectivity index (χ4v) is 1.95. The van der Waals surface area contributed by atoms with Crippen molar-refractivity contribution in [3.63, 3.8) is 0 Å². The number of hydrogen-bond acceptors (Lipinski definition) is 4. The van der Waals surface area contributed by atoms with Crippen LogP contribution in [0, 0.1) is 12.3 Å². The molecule has 0 radical (unpaired) electrons. The molecule has 104 valence electrons. The molecule has 1 aromatic carbocycles. The quantitative estimate of drug-likeness (QED) is 0.661. The van der Waals surface area contributed by atoms with Crippen molar-refractivity contribution in [1.29, 1.82) is 5.41 Å². The van der Waals surface area contributed by atoms with Gasteiger partial charge in [0.15, 0.2) is 0 Å². The summed E-state index contributed by atoms with van der Waals surface area (Å²) in [7, 11) is 3.52. The molecule has 0 saturated heterocycles. The van der Waals surface area contributed by atoms with Crippen LogP contribution < -0.4 is 15.4 Å². The van der Waals surface area contributed by atoms with E-state index in [-0.39, 0.29) is 5.84 Å². The summed E-state index contributed by atoms with van der Waals surface area (Å²) in [5.41, 5.74) is 8.04. The normalized spacial score (nSPS) is 10.2. The van der Waals surface area contributed by atoms with E-state index >= 15 is 0 Å². The van der Waals surface area contributed by atoms with Gasteiger partial charge in [0, 0.05) is 24.5 Å². The summed E-state index contributed by atoms with van der Waals surface area (Å²) in [6.45, 7) is 1.91. The van der Waals surface area contributed by atoms with E-state index in [9.17, 15) is 0 Å². The fraction of sp³-hybridized carbons (Fsp3) is 0.200. The van der Waals surface area contributed by atoms with E-state index in [1.54, 1.807) is 7.11 Å². The molecule has 0 unspecified atom stereocenters. The molecule has 0 atom stereocenters. The van der Waals surface area contributed by atoms with Gasteiger partial charge in [-0.05, 0) is 31.2 Å². The zero-order chi connectivity index (χ0) is 14.7. The minimum absolute atomic E-state index is 0.00208. The molecule has 2 aromatic rings. The third-order valence-corrected chi connectivity index (χ3v) is 3.06. The van der Waals surface area contributed by atoms with Gasteiger partial charge in [-0.1, -0.05) is 6.07 Å². The average molecular weight is 270 g/mol. The van der Waals surface area contributed by atoms with Crippen LogP contribution in [0.4, 0.5) is 11.5 Å². The van der Waals surface area contributed by atoms with Gasteiger partial charge in [-0.3, -0.25) is 5.41 Å². The van der Waals surface area contributed by atoms with Gasteiger partial charge in [0.25, 0.3) is 0 Å². The molecule has 2 rings (SSSR count). The summed E-state index contributed by atoms with van der Waals surface area (Å²) in [6.07, 6.45) is 0. The number of ether oxygens (including phenoxy) is 1. The third-order valence-electron chi connectivity index (χ3n) is 3.06. The number of aromatic nitrogens is 1. The maximum absolute atomic E-state index is 7.67. The second-order valence-electron chi connectivity index (χ2n) is 4.50. The summed E-state index contributed by atoms with van der Waals surface area (Å²) in [5, 5.41) is 7.67. The first-order valence-electron chi connectivity index (χ1n) is 6.22. The van der Waals surface area contributed by atoms with Crippen LogP contribution in [-0.4, -0.2) is 25.0 Å². The molecule has 0 amide bonds. The Hall–Kier alpha value is -2.56. The maximum atomic E-state index is 7.67. The molecule has 0 saturated carbocycles. The standard InChI is InChI=1S/C15H18N4O/c1-10-7-8-13(14(16)17)15(18-10)19(2)11-5-4-6-12(9-11)20-3/h4-9H,1-3H3,(H3,16,17). The van der Waals surface area contributed by atoms with E-state index < -0.39 is 0 Å². The number of methoxy groups -OCH3 is 1. The lowest BCUT2D eigenvalue weighted by atomic mass is 10.2. The predicted molar refractivity (Wildman–Crippen MR) is 81.0 cm³/mol. The third kappa shape index (κ3) is 2.71. The lowest BCUT2D eigenvalue weighted by Gasteiger charge is -2.22. The van der Waals surface area contributed by atoms with Crippen molar-refractivity contribution in [1.82, 2.24) is 4.98 Å². The minimum Gasteiger partial charge on any atom is -0.497 e. The van der Waals surface area contributed by atoms with Crippen molar-refractivity contribution in [3.8, 4) is 5.75 Å². The molecule has 5 nitrogen and oxygen atoms in total. The molecule has 5 heteroatoms. The van der Waals surface area contributed by atoms with Crippen molar-refractivity contribution in [2.75, 3.05) is 19.1 Å². The summed E-state index contributed by atoms with van der Waals surface area (Å²) in [5.74, 6) is 1.43. The number of nitrogen functional groups attached to an aromatic ring is 1. The number of nitrogens with one attached hydrogen (secondary N) is 1. The zero-order valence-electron chi connectivity index (χ0n) is 11.8. The number of pyridine rings is 1. The van der Waals surface area contributed by atoms with Crippen LogP contribution in [0.5, 0.6) is 5.75 Å². The second kappa shape index (κ2) is 5.61. The van der Waals surface area contributed by atoms with Gasteiger partial charge < -0.3 is 15.4 Å². The molecule has 0 aliphatic carbocycles. The molecule has 1 aromatic heterocycles. The molecule has 0 fully saturated rings. The van der Waals surface area contributed by atoms with Gasteiger partial charge in [-0.25, -0.2) is 4.98 Å².